The number of thioether (sulfide) groups is 1. The Kier molecular flexibility index (Phi) is 7.06. The van der Waals surface area contributed by atoms with Gasteiger partial charge in [0.15, 0.2) is 0 Å². The lowest BCUT2D eigenvalue weighted by Crippen LogP contribution is -2.31. The highest BCUT2D eigenvalue weighted by atomic mass is 35.5. The zero-order chi connectivity index (χ0) is 24.2. The summed E-state index contributed by atoms with van der Waals surface area (Å²) in [7, 11) is 0. The Balaban J connectivity index is 1.76. The minimum Gasteiger partial charge on any atom is -0.321 e. The first-order valence-corrected chi connectivity index (χ1v) is 12.0. The summed E-state index contributed by atoms with van der Waals surface area (Å²) < 4.78 is 0. The molecule has 170 valence electrons. The number of halogens is 1. The lowest BCUT2D eigenvalue weighted by molar-refractivity contribution is -0.117. The van der Waals surface area contributed by atoms with Gasteiger partial charge in [-0.1, -0.05) is 71.9 Å². The van der Waals surface area contributed by atoms with E-state index in [1.165, 1.54) is 16.7 Å². The van der Waals surface area contributed by atoms with E-state index >= 15 is 0 Å². The minimum absolute atomic E-state index is 0.107. The maximum Gasteiger partial charge on any atom is 0.269 e. The smallest absolute Gasteiger partial charge is 0.269 e. The van der Waals surface area contributed by atoms with Crippen molar-refractivity contribution in [2.75, 3.05) is 10.2 Å². The fourth-order valence-electron chi connectivity index (χ4n) is 3.80. The summed E-state index contributed by atoms with van der Waals surface area (Å²) in [5, 5.41) is 13.2. The van der Waals surface area contributed by atoms with Gasteiger partial charge in [-0.3, -0.25) is 14.5 Å². The topological polar surface area (TPSA) is 73.2 Å². The molecular weight excluding hydrogens is 466 g/mol. The standard InChI is InChI=1S/C27H22ClN3O2S/c1-17-8-7-11-20(14-17)30-25(32)21(16-29)27-31(23-13-6-3-9-18(23)2)26(33)24(34-27)15-19-10-4-5-12-22(19)28/h3-14,24H,15H2,1-2H3,(H,30,32)/b27-21-/t24-/m1/s1. The summed E-state index contributed by atoms with van der Waals surface area (Å²) >= 11 is 7.57. The summed E-state index contributed by atoms with van der Waals surface area (Å²) in [4.78, 5) is 28.3. The van der Waals surface area contributed by atoms with E-state index in [1.54, 1.807) is 12.1 Å². The summed E-state index contributed by atoms with van der Waals surface area (Å²) in [5.74, 6) is -0.745. The molecule has 2 amide bonds. The molecule has 1 aliphatic rings. The molecular formula is C27H22ClN3O2S. The highest BCUT2D eigenvalue weighted by Crippen LogP contribution is 2.43. The molecule has 3 aromatic rings. The first-order valence-electron chi connectivity index (χ1n) is 10.7. The third kappa shape index (κ3) is 4.86. The summed E-state index contributed by atoms with van der Waals surface area (Å²) in [5.41, 5.74) is 3.81. The van der Waals surface area contributed by atoms with Gasteiger partial charge in [0.2, 0.25) is 5.91 Å². The molecule has 0 aliphatic carbocycles. The SMILES string of the molecule is Cc1cccc(NC(=O)/C(C#N)=C2\S[C@H](Cc3ccccc3Cl)C(=O)N2c2ccccc2C)c1. The van der Waals surface area contributed by atoms with E-state index in [-0.39, 0.29) is 11.5 Å². The van der Waals surface area contributed by atoms with Crippen LogP contribution in [0.5, 0.6) is 0 Å². The fraction of sp³-hybridized carbons (Fsp3) is 0.148. The zero-order valence-electron chi connectivity index (χ0n) is 18.7. The van der Waals surface area contributed by atoms with Crippen LogP contribution in [0.1, 0.15) is 16.7 Å². The molecule has 0 saturated carbocycles. The molecule has 1 saturated heterocycles. The highest BCUT2D eigenvalue weighted by molar-refractivity contribution is 8.05. The van der Waals surface area contributed by atoms with E-state index < -0.39 is 11.2 Å². The number of hydrogen-bond acceptors (Lipinski definition) is 4. The van der Waals surface area contributed by atoms with Gasteiger partial charge in [-0.25, -0.2) is 0 Å². The third-order valence-corrected chi connectivity index (χ3v) is 7.13. The molecule has 1 heterocycles. The number of para-hydroxylation sites is 1. The van der Waals surface area contributed by atoms with Gasteiger partial charge in [0, 0.05) is 10.7 Å². The van der Waals surface area contributed by atoms with Gasteiger partial charge in [0.05, 0.1) is 10.9 Å². The number of rotatable bonds is 5. The highest BCUT2D eigenvalue weighted by Gasteiger charge is 2.41. The van der Waals surface area contributed by atoms with Crippen LogP contribution in [-0.2, 0) is 16.0 Å². The molecule has 0 spiro atoms. The zero-order valence-corrected chi connectivity index (χ0v) is 20.3. The Labute approximate surface area is 208 Å². The van der Waals surface area contributed by atoms with Crippen molar-refractivity contribution in [2.24, 2.45) is 0 Å². The van der Waals surface area contributed by atoms with E-state index in [1.807, 2.05) is 80.6 Å². The number of nitrogens with zero attached hydrogens (tertiary/aromatic N) is 2. The van der Waals surface area contributed by atoms with Crippen LogP contribution in [0.25, 0.3) is 0 Å². The molecule has 4 rings (SSSR count). The summed E-state index contributed by atoms with van der Waals surface area (Å²) in [6.45, 7) is 3.81. The van der Waals surface area contributed by atoms with E-state index in [2.05, 4.69) is 5.32 Å². The summed E-state index contributed by atoms with van der Waals surface area (Å²) in [6, 6.07) is 24.2. The number of aryl methyl sites for hydroxylation is 2. The first-order chi connectivity index (χ1) is 16.4. The van der Waals surface area contributed by atoms with Crippen molar-refractivity contribution >= 4 is 46.6 Å². The van der Waals surface area contributed by atoms with Crippen LogP contribution in [0, 0.1) is 25.2 Å². The number of amides is 2. The number of carbonyl (C=O) groups excluding carboxylic acids is 2. The lowest BCUT2D eigenvalue weighted by atomic mass is 10.1. The molecule has 7 heteroatoms. The molecule has 0 bridgehead atoms. The second-order valence-electron chi connectivity index (χ2n) is 7.98. The lowest BCUT2D eigenvalue weighted by Gasteiger charge is -2.20. The molecule has 3 aromatic carbocycles. The molecule has 0 aromatic heterocycles. The van der Waals surface area contributed by atoms with Crippen molar-refractivity contribution in [1.29, 1.82) is 5.26 Å². The van der Waals surface area contributed by atoms with Crippen LogP contribution >= 0.6 is 23.4 Å². The number of hydrogen-bond donors (Lipinski definition) is 1. The average Bonchev–Trinajstić information content (AvgIpc) is 3.11. The van der Waals surface area contributed by atoms with Gasteiger partial charge in [0.1, 0.15) is 16.7 Å². The predicted molar refractivity (Wildman–Crippen MR) is 138 cm³/mol. The van der Waals surface area contributed by atoms with Gasteiger partial charge in [-0.2, -0.15) is 5.26 Å². The van der Waals surface area contributed by atoms with E-state index in [0.717, 1.165) is 16.7 Å². The van der Waals surface area contributed by atoms with Crippen LogP contribution in [0.3, 0.4) is 0 Å². The number of nitriles is 1. The molecule has 1 atom stereocenters. The number of carbonyl (C=O) groups is 2. The summed E-state index contributed by atoms with van der Waals surface area (Å²) in [6.07, 6.45) is 0.382. The third-order valence-electron chi connectivity index (χ3n) is 5.50. The van der Waals surface area contributed by atoms with Crippen LogP contribution in [0.15, 0.2) is 83.4 Å². The molecule has 1 N–H and O–H groups in total. The Morgan fingerprint density at radius 3 is 2.53 bits per heavy atom. The van der Waals surface area contributed by atoms with Gasteiger partial charge in [0.25, 0.3) is 5.91 Å². The second kappa shape index (κ2) is 10.2. The van der Waals surface area contributed by atoms with Crippen LogP contribution in [-0.4, -0.2) is 17.1 Å². The first kappa shape index (κ1) is 23.6. The van der Waals surface area contributed by atoms with Crippen LogP contribution < -0.4 is 10.2 Å². The predicted octanol–water partition coefficient (Wildman–Crippen LogP) is 6.02. The Bertz CT molecular complexity index is 1350. The van der Waals surface area contributed by atoms with Gasteiger partial charge >= 0.3 is 0 Å². The Morgan fingerprint density at radius 2 is 1.82 bits per heavy atom. The molecule has 0 unspecified atom stereocenters. The molecule has 1 aliphatic heterocycles. The molecule has 1 fully saturated rings. The van der Waals surface area contributed by atoms with Crippen molar-refractivity contribution in [3.8, 4) is 6.07 Å². The largest absolute Gasteiger partial charge is 0.321 e. The second-order valence-corrected chi connectivity index (χ2v) is 9.58. The average molecular weight is 488 g/mol. The maximum atomic E-state index is 13.6. The maximum absolute atomic E-state index is 13.6. The fourth-order valence-corrected chi connectivity index (χ4v) is 5.30. The van der Waals surface area contributed by atoms with Gasteiger partial charge in [-0.05, 0) is 61.2 Å². The van der Waals surface area contributed by atoms with E-state index in [9.17, 15) is 14.9 Å². The molecule has 5 nitrogen and oxygen atoms in total. The Morgan fingerprint density at radius 1 is 1.09 bits per heavy atom. The number of anilines is 2. The number of nitrogens with one attached hydrogen (secondary N) is 1. The monoisotopic (exact) mass is 487 g/mol. The quantitative estimate of drug-likeness (QED) is 0.352. The van der Waals surface area contributed by atoms with Gasteiger partial charge < -0.3 is 5.32 Å². The van der Waals surface area contributed by atoms with E-state index in [4.69, 9.17) is 11.6 Å². The van der Waals surface area contributed by atoms with Gasteiger partial charge in [-0.15, -0.1) is 0 Å². The van der Waals surface area contributed by atoms with Crippen molar-refractivity contribution in [2.45, 2.75) is 25.5 Å². The van der Waals surface area contributed by atoms with Crippen LogP contribution in [0.2, 0.25) is 5.02 Å². The minimum atomic E-state index is -0.555. The van der Waals surface area contributed by atoms with Crippen LogP contribution in [0.4, 0.5) is 11.4 Å². The molecule has 34 heavy (non-hydrogen) atoms. The van der Waals surface area contributed by atoms with Crippen molar-refractivity contribution in [1.82, 2.24) is 0 Å². The van der Waals surface area contributed by atoms with Crippen molar-refractivity contribution < 1.29 is 9.59 Å². The van der Waals surface area contributed by atoms with Crippen molar-refractivity contribution in [3.05, 3.63) is 105 Å². The Hall–Kier alpha value is -3.53. The normalized spacial score (nSPS) is 16.8. The van der Waals surface area contributed by atoms with Crippen molar-refractivity contribution in [3.63, 3.8) is 0 Å². The molecule has 0 radical (unpaired) electrons. The number of benzene rings is 3. The van der Waals surface area contributed by atoms with E-state index in [0.29, 0.717) is 27.8 Å².